The van der Waals surface area contributed by atoms with Gasteiger partial charge in [-0.05, 0) is 31.0 Å². The Morgan fingerprint density at radius 2 is 2.17 bits per heavy atom. The van der Waals surface area contributed by atoms with Gasteiger partial charge in [0, 0.05) is 10.9 Å². The number of hydrogen-bond acceptors (Lipinski definition) is 3. The lowest BCUT2D eigenvalue weighted by Gasteiger charge is -2.10. The van der Waals surface area contributed by atoms with Crippen molar-refractivity contribution >= 4 is 29.0 Å². The van der Waals surface area contributed by atoms with Gasteiger partial charge in [0.05, 0.1) is 11.4 Å². The zero-order valence-electron chi connectivity index (χ0n) is 10.1. The fourth-order valence-electron chi connectivity index (χ4n) is 2.07. The van der Waals surface area contributed by atoms with Gasteiger partial charge < -0.3 is 11.1 Å². The average molecular weight is 268 g/mol. The van der Waals surface area contributed by atoms with Crippen molar-refractivity contribution in [2.24, 2.45) is 0 Å². The van der Waals surface area contributed by atoms with Crippen molar-refractivity contribution in [2.45, 2.75) is 30.9 Å². The fourth-order valence-corrected chi connectivity index (χ4v) is 3.20. The Bertz CT molecular complexity index is 433. The number of carbonyl (C=O) groups excluding carboxylic acids is 1. The number of amides is 1. The van der Waals surface area contributed by atoms with E-state index in [9.17, 15) is 9.18 Å². The second-order valence-corrected chi connectivity index (χ2v) is 5.79. The van der Waals surface area contributed by atoms with E-state index in [1.165, 1.54) is 43.9 Å². The van der Waals surface area contributed by atoms with Gasteiger partial charge in [-0.2, -0.15) is 0 Å². The molecule has 0 unspecified atom stereocenters. The summed E-state index contributed by atoms with van der Waals surface area (Å²) >= 11 is 1.66. The Morgan fingerprint density at radius 1 is 1.44 bits per heavy atom. The molecule has 1 aromatic rings. The monoisotopic (exact) mass is 268 g/mol. The third kappa shape index (κ3) is 3.63. The van der Waals surface area contributed by atoms with Crippen molar-refractivity contribution in [1.29, 1.82) is 0 Å². The van der Waals surface area contributed by atoms with Crippen molar-refractivity contribution in [1.82, 2.24) is 0 Å². The zero-order chi connectivity index (χ0) is 13.0. The van der Waals surface area contributed by atoms with Crippen LogP contribution < -0.4 is 11.1 Å². The molecule has 0 bridgehead atoms. The van der Waals surface area contributed by atoms with Crippen molar-refractivity contribution in [2.75, 3.05) is 16.8 Å². The molecular formula is C13H17FN2OS. The molecule has 0 heterocycles. The first-order chi connectivity index (χ1) is 8.65. The maximum atomic E-state index is 13.4. The molecule has 0 aromatic heterocycles. The van der Waals surface area contributed by atoms with Gasteiger partial charge in [0.1, 0.15) is 5.82 Å². The van der Waals surface area contributed by atoms with E-state index < -0.39 is 5.82 Å². The smallest absolute Gasteiger partial charge is 0.234 e. The number of anilines is 2. The van der Waals surface area contributed by atoms with E-state index in [1.807, 2.05) is 0 Å². The summed E-state index contributed by atoms with van der Waals surface area (Å²) in [5.41, 5.74) is 6.15. The quantitative estimate of drug-likeness (QED) is 0.825. The first-order valence-electron chi connectivity index (χ1n) is 6.11. The highest BCUT2D eigenvalue weighted by Crippen LogP contribution is 2.29. The topological polar surface area (TPSA) is 55.1 Å². The zero-order valence-corrected chi connectivity index (χ0v) is 10.9. The second-order valence-electron chi connectivity index (χ2n) is 4.50. The summed E-state index contributed by atoms with van der Waals surface area (Å²) < 4.78 is 13.4. The van der Waals surface area contributed by atoms with Gasteiger partial charge >= 0.3 is 0 Å². The van der Waals surface area contributed by atoms with Crippen LogP contribution >= 0.6 is 11.8 Å². The molecule has 0 radical (unpaired) electrons. The summed E-state index contributed by atoms with van der Waals surface area (Å²) in [4.78, 5) is 11.7. The summed E-state index contributed by atoms with van der Waals surface area (Å²) in [6.45, 7) is 0. The largest absolute Gasteiger partial charge is 0.399 e. The molecule has 5 heteroatoms. The normalized spacial score (nSPS) is 15.8. The molecule has 1 aromatic carbocycles. The molecule has 1 amide bonds. The van der Waals surface area contributed by atoms with Gasteiger partial charge in [-0.1, -0.05) is 12.8 Å². The molecule has 0 aliphatic heterocycles. The minimum absolute atomic E-state index is 0.159. The average Bonchev–Trinajstić information content (AvgIpc) is 2.84. The van der Waals surface area contributed by atoms with E-state index in [0.717, 1.165) is 0 Å². The Labute approximate surface area is 110 Å². The SMILES string of the molecule is Nc1ccc(F)c(NC(=O)CSC2CCCC2)c1. The lowest BCUT2D eigenvalue weighted by Crippen LogP contribution is -2.16. The Balaban J connectivity index is 1.84. The van der Waals surface area contributed by atoms with E-state index in [0.29, 0.717) is 16.7 Å². The Morgan fingerprint density at radius 3 is 2.89 bits per heavy atom. The van der Waals surface area contributed by atoms with Gasteiger partial charge in [0.25, 0.3) is 0 Å². The molecule has 0 saturated heterocycles. The number of nitrogens with one attached hydrogen (secondary N) is 1. The Kier molecular flexibility index (Phi) is 4.47. The van der Waals surface area contributed by atoms with Crippen molar-refractivity contribution in [3.05, 3.63) is 24.0 Å². The minimum Gasteiger partial charge on any atom is -0.399 e. The van der Waals surface area contributed by atoms with Gasteiger partial charge in [0.2, 0.25) is 5.91 Å². The highest BCUT2D eigenvalue weighted by atomic mass is 32.2. The summed E-state index contributed by atoms with van der Waals surface area (Å²) in [7, 11) is 0. The van der Waals surface area contributed by atoms with Gasteiger partial charge in [-0.3, -0.25) is 4.79 Å². The third-order valence-electron chi connectivity index (χ3n) is 3.02. The van der Waals surface area contributed by atoms with Gasteiger partial charge in [-0.15, -0.1) is 11.8 Å². The molecule has 1 aliphatic carbocycles. The number of carbonyl (C=O) groups is 1. The second kappa shape index (κ2) is 6.09. The molecule has 98 valence electrons. The number of benzene rings is 1. The van der Waals surface area contributed by atoms with Crippen molar-refractivity contribution in [3.8, 4) is 0 Å². The number of nitrogen functional groups attached to an aromatic ring is 1. The lowest BCUT2D eigenvalue weighted by molar-refractivity contribution is -0.113. The van der Waals surface area contributed by atoms with E-state index in [1.54, 1.807) is 11.8 Å². The maximum Gasteiger partial charge on any atom is 0.234 e. The van der Waals surface area contributed by atoms with Crippen LogP contribution in [0, 0.1) is 5.82 Å². The van der Waals surface area contributed by atoms with Crippen LogP contribution in [-0.2, 0) is 4.79 Å². The molecule has 1 aliphatic rings. The molecule has 3 N–H and O–H groups in total. The van der Waals surface area contributed by atoms with Crippen LogP contribution in [0.3, 0.4) is 0 Å². The van der Waals surface area contributed by atoms with Crippen LogP contribution in [-0.4, -0.2) is 16.9 Å². The molecule has 2 rings (SSSR count). The maximum absolute atomic E-state index is 13.4. The van der Waals surface area contributed by atoms with Crippen molar-refractivity contribution < 1.29 is 9.18 Å². The highest BCUT2D eigenvalue weighted by Gasteiger charge is 2.17. The van der Waals surface area contributed by atoms with Gasteiger partial charge in [-0.25, -0.2) is 4.39 Å². The third-order valence-corrected chi connectivity index (χ3v) is 4.39. The molecule has 0 spiro atoms. The molecule has 3 nitrogen and oxygen atoms in total. The standard InChI is InChI=1S/C13H17FN2OS/c14-11-6-5-9(15)7-12(11)16-13(17)8-18-10-3-1-2-4-10/h5-7,10H,1-4,8,15H2,(H,16,17). The number of thioether (sulfide) groups is 1. The summed E-state index contributed by atoms with van der Waals surface area (Å²) in [5.74, 6) is -0.251. The first kappa shape index (κ1) is 13.2. The van der Waals surface area contributed by atoms with E-state index in [-0.39, 0.29) is 11.6 Å². The number of halogens is 1. The molecular weight excluding hydrogens is 251 g/mol. The molecule has 1 saturated carbocycles. The predicted molar refractivity (Wildman–Crippen MR) is 74.2 cm³/mol. The van der Waals surface area contributed by atoms with Gasteiger partial charge in [0.15, 0.2) is 0 Å². The number of rotatable bonds is 4. The van der Waals surface area contributed by atoms with Crippen LogP contribution in [0.15, 0.2) is 18.2 Å². The van der Waals surface area contributed by atoms with Crippen LogP contribution in [0.4, 0.5) is 15.8 Å². The van der Waals surface area contributed by atoms with Crippen LogP contribution in [0.2, 0.25) is 0 Å². The van der Waals surface area contributed by atoms with E-state index in [4.69, 9.17) is 5.73 Å². The number of hydrogen-bond donors (Lipinski definition) is 2. The van der Waals surface area contributed by atoms with E-state index in [2.05, 4.69) is 5.32 Å². The predicted octanol–water partition coefficient (Wildman–Crippen LogP) is 3.02. The summed E-state index contributed by atoms with van der Waals surface area (Å²) in [6.07, 6.45) is 4.88. The Hall–Kier alpha value is -1.23. The summed E-state index contributed by atoms with van der Waals surface area (Å²) in [6, 6.07) is 4.17. The molecule has 1 fully saturated rings. The minimum atomic E-state index is -0.455. The first-order valence-corrected chi connectivity index (χ1v) is 7.16. The molecule has 18 heavy (non-hydrogen) atoms. The van der Waals surface area contributed by atoms with Crippen LogP contribution in [0.5, 0.6) is 0 Å². The fraction of sp³-hybridized carbons (Fsp3) is 0.462. The number of nitrogens with two attached hydrogens (primary N) is 1. The summed E-state index contributed by atoms with van der Waals surface area (Å²) in [5, 5.41) is 3.14. The van der Waals surface area contributed by atoms with Crippen LogP contribution in [0.25, 0.3) is 0 Å². The van der Waals surface area contributed by atoms with Crippen LogP contribution in [0.1, 0.15) is 25.7 Å². The van der Waals surface area contributed by atoms with E-state index >= 15 is 0 Å². The lowest BCUT2D eigenvalue weighted by atomic mass is 10.2. The van der Waals surface area contributed by atoms with Crippen molar-refractivity contribution in [3.63, 3.8) is 0 Å². The molecule has 0 atom stereocenters. The highest BCUT2D eigenvalue weighted by molar-refractivity contribution is 8.00.